The summed E-state index contributed by atoms with van der Waals surface area (Å²) in [4.78, 5) is 0. The predicted molar refractivity (Wildman–Crippen MR) is 36.9 cm³/mol. The molecule has 1 aromatic carbocycles. The van der Waals surface area contributed by atoms with E-state index in [1.54, 1.807) is 0 Å². The normalized spacial score (nSPS) is 9.69. The van der Waals surface area contributed by atoms with Gasteiger partial charge in [0.25, 0.3) is 0 Å². The van der Waals surface area contributed by atoms with Crippen molar-refractivity contribution >= 4 is 24.2 Å². The van der Waals surface area contributed by atoms with E-state index in [4.69, 9.17) is 5.73 Å². The number of anilines is 1. The number of hydrogen-bond donors (Lipinski definition) is 1. The minimum atomic E-state index is -5.18. The molecule has 1 aromatic rings. The molecule has 0 heterocycles. The fourth-order valence-electron chi connectivity index (χ4n) is 0.657. The van der Waals surface area contributed by atoms with Gasteiger partial charge in [0.1, 0.15) is 0 Å². The molecule has 0 aromatic heterocycles. The third kappa shape index (κ3) is 5.67. The van der Waals surface area contributed by atoms with Crippen LogP contribution in [0.15, 0.2) is 24.3 Å². The predicted octanol–water partition coefficient (Wildman–Crippen LogP) is -8.43. The topological polar surface area (TPSA) is 89.2 Å². The van der Waals surface area contributed by atoms with Crippen molar-refractivity contribution in [3.63, 3.8) is 0 Å². The van der Waals surface area contributed by atoms with Crippen molar-refractivity contribution in [2.45, 2.75) is 0 Å². The number of rotatable bonds is 1. The molecule has 0 unspecified atom stereocenters. The summed E-state index contributed by atoms with van der Waals surface area (Å²) in [6, 6.07) is 5.21. The SMILES string of the molecule is Nc1ccc([As](=O)([O-])[O-])cc1.[Na+].[Na+]. The molecule has 0 spiro atoms. The van der Waals surface area contributed by atoms with Gasteiger partial charge in [0.05, 0.1) is 0 Å². The van der Waals surface area contributed by atoms with Crippen LogP contribution in [-0.2, 0) is 3.74 Å². The minimum Gasteiger partial charge on any atom is 1.00 e. The van der Waals surface area contributed by atoms with Crippen molar-refractivity contribution in [3.8, 4) is 0 Å². The van der Waals surface area contributed by atoms with Gasteiger partial charge < -0.3 is 0 Å². The Labute approximate surface area is 123 Å². The zero-order valence-electron chi connectivity index (χ0n) is 7.56. The molecule has 0 fully saturated rings. The molecule has 2 N–H and O–H groups in total. The summed E-state index contributed by atoms with van der Waals surface area (Å²) in [6.45, 7) is 0. The molecular weight excluding hydrogens is 255 g/mol. The van der Waals surface area contributed by atoms with Gasteiger partial charge in [0, 0.05) is 0 Å². The molecular formula is C6H6AsNNa2O3. The van der Waals surface area contributed by atoms with Crippen molar-refractivity contribution in [2.75, 3.05) is 5.73 Å². The molecule has 0 aliphatic rings. The Balaban J connectivity index is 0. The third-order valence-corrected chi connectivity index (χ3v) is 3.16. The van der Waals surface area contributed by atoms with Crippen molar-refractivity contribution < 1.29 is 71.0 Å². The number of nitrogen functional groups attached to an aromatic ring is 1. The van der Waals surface area contributed by atoms with E-state index in [2.05, 4.69) is 0 Å². The second kappa shape index (κ2) is 6.72. The molecule has 60 valence electrons. The summed E-state index contributed by atoms with van der Waals surface area (Å²) in [7, 11) is 0. The molecule has 0 aliphatic carbocycles. The fourth-order valence-corrected chi connectivity index (χ4v) is 1.74. The van der Waals surface area contributed by atoms with E-state index in [-0.39, 0.29) is 63.5 Å². The van der Waals surface area contributed by atoms with Crippen molar-refractivity contribution in [1.29, 1.82) is 0 Å². The first-order valence-electron chi connectivity index (χ1n) is 2.88. The fraction of sp³-hybridized carbons (Fsp3) is 0. The summed E-state index contributed by atoms with van der Waals surface area (Å²) in [6.07, 6.45) is 0. The van der Waals surface area contributed by atoms with Gasteiger partial charge >= 0.3 is 125 Å². The Kier molecular flexibility index (Phi) is 8.64. The minimum absolute atomic E-state index is 0. The largest absolute Gasteiger partial charge is 1.00 e. The van der Waals surface area contributed by atoms with Gasteiger partial charge in [0.15, 0.2) is 0 Å². The van der Waals surface area contributed by atoms with Gasteiger partial charge in [0.2, 0.25) is 0 Å². The Bertz CT molecular complexity index is 297. The second-order valence-electron chi connectivity index (χ2n) is 2.09. The third-order valence-electron chi connectivity index (χ3n) is 1.21. The van der Waals surface area contributed by atoms with Crippen LogP contribution in [0.5, 0.6) is 0 Å². The summed E-state index contributed by atoms with van der Waals surface area (Å²) < 4.78 is 31.1. The second-order valence-corrected chi connectivity index (χ2v) is 5.26. The molecule has 0 atom stereocenters. The first kappa shape index (κ1) is 16.7. The maximum atomic E-state index is 10.4. The van der Waals surface area contributed by atoms with Crippen LogP contribution < -0.4 is 77.4 Å². The summed E-state index contributed by atoms with van der Waals surface area (Å²) >= 11 is -5.18. The maximum absolute atomic E-state index is 10.4. The van der Waals surface area contributed by atoms with Gasteiger partial charge in [-0.1, -0.05) is 0 Å². The standard InChI is InChI=1S/C6H8AsNO3.2Na/c8-6-3-1-5(2-4-6)7(9,10)11;;/h1-4H,8H2,(H2,9,10,11);;/q;2*+1/p-2. The number of benzene rings is 1. The Hall–Kier alpha value is 1.30. The number of hydrogen-bond acceptors (Lipinski definition) is 4. The van der Waals surface area contributed by atoms with Crippen LogP contribution in [0.25, 0.3) is 0 Å². The van der Waals surface area contributed by atoms with Gasteiger partial charge in [-0.3, -0.25) is 0 Å². The van der Waals surface area contributed by atoms with Crippen molar-refractivity contribution in [2.24, 2.45) is 0 Å². The quantitative estimate of drug-likeness (QED) is 0.401. The zero-order valence-corrected chi connectivity index (χ0v) is 13.4. The van der Waals surface area contributed by atoms with E-state index < -0.39 is 14.2 Å². The Morgan fingerprint density at radius 1 is 1.08 bits per heavy atom. The van der Waals surface area contributed by atoms with Crippen LogP contribution in [0.2, 0.25) is 0 Å². The molecule has 1 rings (SSSR count). The van der Waals surface area contributed by atoms with E-state index >= 15 is 0 Å². The van der Waals surface area contributed by atoms with Crippen molar-refractivity contribution in [3.05, 3.63) is 24.3 Å². The molecule has 0 aliphatic heterocycles. The molecule has 0 radical (unpaired) electrons. The van der Waals surface area contributed by atoms with Crippen LogP contribution in [0.4, 0.5) is 5.69 Å². The first-order valence-corrected chi connectivity index (χ1v) is 6.12. The molecule has 0 saturated heterocycles. The van der Waals surface area contributed by atoms with Gasteiger partial charge in [-0.15, -0.1) is 0 Å². The van der Waals surface area contributed by atoms with Gasteiger partial charge in [-0.25, -0.2) is 0 Å². The van der Waals surface area contributed by atoms with Crippen LogP contribution >= 0.6 is 0 Å². The monoisotopic (exact) mass is 261 g/mol. The maximum Gasteiger partial charge on any atom is 1.00 e. The summed E-state index contributed by atoms with van der Waals surface area (Å²) in [5, 5.41) is 0. The average Bonchev–Trinajstić information content (AvgIpc) is 1.86. The van der Waals surface area contributed by atoms with Gasteiger partial charge in [-0.05, 0) is 0 Å². The smallest absolute Gasteiger partial charge is 1.00 e. The molecule has 13 heavy (non-hydrogen) atoms. The first-order chi connectivity index (χ1) is 5.00. The van der Waals surface area contributed by atoms with Crippen LogP contribution in [-0.4, -0.2) is 14.2 Å². The van der Waals surface area contributed by atoms with E-state index in [0.29, 0.717) is 5.69 Å². The van der Waals surface area contributed by atoms with E-state index in [9.17, 15) is 11.9 Å². The van der Waals surface area contributed by atoms with E-state index in [1.165, 1.54) is 24.3 Å². The van der Waals surface area contributed by atoms with Crippen molar-refractivity contribution in [1.82, 2.24) is 0 Å². The molecule has 0 saturated carbocycles. The van der Waals surface area contributed by atoms with Crippen LogP contribution in [0.3, 0.4) is 0 Å². The summed E-state index contributed by atoms with van der Waals surface area (Å²) in [5.41, 5.74) is 5.73. The number of nitrogens with two attached hydrogens (primary N) is 1. The van der Waals surface area contributed by atoms with Gasteiger partial charge in [-0.2, -0.15) is 0 Å². The zero-order chi connectivity index (χ0) is 8.48. The Morgan fingerprint density at radius 3 is 1.77 bits per heavy atom. The van der Waals surface area contributed by atoms with E-state index in [0.717, 1.165) is 0 Å². The van der Waals surface area contributed by atoms with Crippen LogP contribution in [0.1, 0.15) is 0 Å². The van der Waals surface area contributed by atoms with Crippen LogP contribution in [0, 0.1) is 0 Å². The molecule has 0 bridgehead atoms. The molecule has 4 nitrogen and oxygen atoms in total. The molecule has 0 amide bonds. The molecule has 7 heteroatoms. The average molecular weight is 261 g/mol. The summed E-state index contributed by atoms with van der Waals surface area (Å²) in [5.74, 6) is 0. The van der Waals surface area contributed by atoms with E-state index in [1.807, 2.05) is 0 Å². The Morgan fingerprint density at radius 2 is 1.46 bits per heavy atom.